The summed E-state index contributed by atoms with van der Waals surface area (Å²) in [5.74, 6) is -1.01. The van der Waals surface area contributed by atoms with Gasteiger partial charge < -0.3 is 14.2 Å². The number of hydrogen-bond donors (Lipinski definition) is 0. The van der Waals surface area contributed by atoms with Crippen molar-refractivity contribution in [1.82, 2.24) is 0 Å². The van der Waals surface area contributed by atoms with E-state index in [0.29, 0.717) is 19.3 Å². The predicted octanol–water partition coefficient (Wildman–Crippen LogP) is 16.6. The number of allylic oxidation sites excluding steroid dienone is 12. The van der Waals surface area contributed by atoms with Gasteiger partial charge in [0.15, 0.2) is 6.10 Å². The summed E-state index contributed by atoms with van der Waals surface area (Å²) in [5, 5.41) is 0. The van der Waals surface area contributed by atoms with Crippen LogP contribution in [0.2, 0.25) is 0 Å². The van der Waals surface area contributed by atoms with Gasteiger partial charge in [0.1, 0.15) is 13.2 Å². The summed E-state index contributed by atoms with van der Waals surface area (Å²) in [4.78, 5) is 37.9. The van der Waals surface area contributed by atoms with Crippen molar-refractivity contribution in [1.29, 1.82) is 0 Å². The molecule has 0 heterocycles. The Hall–Kier alpha value is -3.15. The summed E-state index contributed by atoms with van der Waals surface area (Å²) in [6.07, 6.45) is 61.8. The van der Waals surface area contributed by atoms with Gasteiger partial charge in [-0.1, -0.05) is 203 Å². The molecule has 0 rings (SSSR count). The first kappa shape index (κ1) is 57.9. The van der Waals surface area contributed by atoms with Crippen molar-refractivity contribution in [3.8, 4) is 0 Å². The minimum Gasteiger partial charge on any atom is -0.462 e. The summed E-state index contributed by atoms with van der Waals surface area (Å²) in [5.41, 5.74) is 0. The lowest BCUT2D eigenvalue weighted by Gasteiger charge is -2.18. The molecule has 0 saturated carbocycles. The van der Waals surface area contributed by atoms with E-state index < -0.39 is 6.10 Å². The molecule has 6 nitrogen and oxygen atoms in total. The molecule has 0 spiro atoms. The van der Waals surface area contributed by atoms with Crippen LogP contribution in [0.25, 0.3) is 0 Å². The van der Waals surface area contributed by atoms with Crippen molar-refractivity contribution >= 4 is 17.9 Å². The summed E-state index contributed by atoms with van der Waals surface area (Å²) in [6, 6.07) is 0. The van der Waals surface area contributed by atoms with Crippen LogP contribution in [0.3, 0.4) is 0 Å². The Balaban J connectivity index is 4.49. The fourth-order valence-corrected chi connectivity index (χ4v) is 6.88. The van der Waals surface area contributed by atoms with Crippen LogP contribution in [0.15, 0.2) is 72.9 Å². The Kier molecular flexibility index (Phi) is 46.9. The van der Waals surface area contributed by atoms with Gasteiger partial charge in [-0.3, -0.25) is 14.4 Å². The smallest absolute Gasteiger partial charge is 0.306 e. The maximum atomic E-state index is 12.8. The van der Waals surface area contributed by atoms with Gasteiger partial charge in [-0.15, -0.1) is 0 Å². The van der Waals surface area contributed by atoms with E-state index in [1.54, 1.807) is 0 Å². The lowest BCUT2D eigenvalue weighted by Crippen LogP contribution is -2.30. The minimum atomic E-state index is -0.812. The van der Waals surface area contributed by atoms with Crippen LogP contribution < -0.4 is 0 Å². The molecular formula is C55H94O6. The van der Waals surface area contributed by atoms with E-state index >= 15 is 0 Å². The Morgan fingerprint density at radius 3 is 1.20 bits per heavy atom. The topological polar surface area (TPSA) is 78.9 Å². The second-order valence-electron chi connectivity index (χ2n) is 16.7. The molecule has 0 aromatic carbocycles. The molecule has 0 bridgehead atoms. The normalized spacial score (nSPS) is 12.6. The van der Waals surface area contributed by atoms with Crippen molar-refractivity contribution in [2.45, 2.75) is 245 Å². The zero-order valence-electron chi connectivity index (χ0n) is 39.9. The highest BCUT2D eigenvalue weighted by Gasteiger charge is 2.19. The number of carbonyl (C=O) groups excluding carboxylic acids is 3. The van der Waals surface area contributed by atoms with Crippen molar-refractivity contribution in [3.05, 3.63) is 72.9 Å². The van der Waals surface area contributed by atoms with E-state index in [2.05, 4.69) is 87.6 Å². The third kappa shape index (κ3) is 47.7. The third-order valence-electron chi connectivity index (χ3n) is 10.7. The van der Waals surface area contributed by atoms with Gasteiger partial charge in [0.05, 0.1) is 0 Å². The fourth-order valence-electron chi connectivity index (χ4n) is 6.88. The van der Waals surface area contributed by atoms with E-state index in [0.717, 1.165) is 83.5 Å². The second-order valence-corrected chi connectivity index (χ2v) is 16.7. The van der Waals surface area contributed by atoms with Crippen LogP contribution in [-0.4, -0.2) is 37.2 Å². The predicted molar refractivity (Wildman–Crippen MR) is 261 cm³/mol. The van der Waals surface area contributed by atoms with E-state index in [1.807, 2.05) is 6.08 Å². The van der Waals surface area contributed by atoms with Crippen molar-refractivity contribution in [2.24, 2.45) is 0 Å². The van der Waals surface area contributed by atoms with Gasteiger partial charge in [0, 0.05) is 19.3 Å². The molecule has 350 valence electrons. The zero-order valence-corrected chi connectivity index (χ0v) is 39.9. The number of unbranched alkanes of at least 4 members (excludes halogenated alkanes) is 23. The molecule has 1 unspecified atom stereocenters. The van der Waals surface area contributed by atoms with Crippen LogP contribution in [0.1, 0.15) is 239 Å². The monoisotopic (exact) mass is 851 g/mol. The maximum absolute atomic E-state index is 12.8. The highest BCUT2D eigenvalue weighted by Crippen LogP contribution is 2.13. The van der Waals surface area contributed by atoms with Gasteiger partial charge in [-0.2, -0.15) is 0 Å². The Morgan fingerprint density at radius 1 is 0.361 bits per heavy atom. The van der Waals surface area contributed by atoms with Gasteiger partial charge in [0.2, 0.25) is 0 Å². The van der Waals surface area contributed by atoms with Crippen LogP contribution >= 0.6 is 0 Å². The highest BCUT2D eigenvalue weighted by molar-refractivity contribution is 5.71. The molecule has 61 heavy (non-hydrogen) atoms. The van der Waals surface area contributed by atoms with Crippen molar-refractivity contribution < 1.29 is 28.6 Å². The maximum Gasteiger partial charge on any atom is 0.306 e. The molecule has 0 aliphatic heterocycles. The fraction of sp³-hybridized carbons (Fsp3) is 0.727. The molecule has 0 N–H and O–H groups in total. The first-order valence-electron chi connectivity index (χ1n) is 25.5. The molecule has 0 aliphatic rings. The Bertz CT molecular complexity index is 1160. The number of rotatable bonds is 45. The molecule has 1 atom stereocenters. The summed E-state index contributed by atoms with van der Waals surface area (Å²) >= 11 is 0. The average molecular weight is 851 g/mol. The standard InChI is InChI=1S/C55H94O6/c1-4-7-10-13-16-19-22-25-27-28-31-33-36-39-42-45-48-54(57)60-51-52(50-59-53(56)47-44-41-38-35-32-29-24-21-18-15-12-9-6-3)61-55(58)49-46-43-40-37-34-30-26-23-20-17-14-11-8-5-2/h8,11,17,20,27-29,31-33,38,41,52H,4-7,9-10,12-16,18-19,21-26,30,34-37,39-40,42-51H2,1-3H3/b11-8-,20-17-,28-27-,32-29-,33-31-,41-38-. The quantitative estimate of drug-likeness (QED) is 0.0200. The minimum absolute atomic E-state index is 0.110. The number of esters is 3. The Labute approximate surface area is 376 Å². The molecule has 0 fully saturated rings. The van der Waals surface area contributed by atoms with Crippen LogP contribution in [-0.2, 0) is 28.6 Å². The second kappa shape index (κ2) is 49.5. The van der Waals surface area contributed by atoms with Gasteiger partial charge in [-0.05, 0) is 89.9 Å². The first-order valence-corrected chi connectivity index (χ1v) is 25.5. The highest BCUT2D eigenvalue weighted by atomic mass is 16.6. The summed E-state index contributed by atoms with van der Waals surface area (Å²) in [6.45, 7) is 6.43. The number of ether oxygens (including phenoxy) is 3. The SMILES string of the molecule is CC/C=C\C/C=C\CCCCCCCCCC(=O)OC(COC(=O)CC/C=C\C/C=C\CCCCCCCC)COC(=O)CCCCC/C=C\C=C/CCCCCCCCC. The lowest BCUT2D eigenvalue weighted by molar-refractivity contribution is -0.166. The van der Waals surface area contributed by atoms with Gasteiger partial charge in [-0.25, -0.2) is 0 Å². The van der Waals surface area contributed by atoms with Crippen LogP contribution in [0.4, 0.5) is 0 Å². The summed E-state index contributed by atoms with van der Waals surface area (Å²) in [7, 11) is 0. The average Bonchev–Trinajstić information content (AvgIpc) is 3.26. The molecular weight excluding hydrogens is 757 g/mol. The van der Waals surface area contributed by atoms with Crippen molar-refractivity contribution in [2.75, 3.05) is 13.2 Å². The third-order valence-corrected chi connectivity index (χ3v) is 10.7. The van der Waals surface area contributed by atoms with Crippen LogP contribution in [0.5, 0.6) is 0 Å². The number of carbonyl (C=O) groups is 3. The van der Waals surface area contributed by atoms with Crippen molar-refractivity contribution in [3.63, 3.8) is 0 Å². The number of hydrogen-bond acceptors (Lipinski definition) is 6. The summed E-state index contributed by atoms with van der Waals surface area (Å²) < 4.78 is 16.7. The van der Waals surface area contributed by atoms with E-state index in [4.69, 9.17) is 14.2 Å². The molecule has 0 aliphatic carbocycles. The first-order chi connectivity index (χ1) is 30.0. The van der Waals surface area contributed by atoms with Crippen LogP contribution in [0, 0.1) is 0 Å². The van der Waals surface area contributed by atoms with E-state index in [9.17, 15) is 14.4 Å². The van der Waals surface area contributed by atoms with E-state index in [-0.39, 0.29) is 37.5 Å². The van der Waals surface area contributed by atoms with Gasteiger partial charge in [0.25, 0.3) is 0 Å². The molecule has 0 saturated heterocycles. The zero-order chi connectivity index (χ0) is 44.4. The molecule has 0 amide bonds. The van der Waals surface area contributed by atoms with E-state index in [1.165, 1.54) is 109 Å². The lowest BCUT2D eigenvalue weighted by atomic mass is 10.1. The molecule has 0 radical (unpaired) electrons. The Morgan fingerprint density at radius 2 is 0.721 bits per heavy atom. The molecule has 6 heteroatoms. The molecule has 0 aromatic rings. The largest absolute Gasteiger partial charge is 0.462 e. The van der Waals surface area contributed by atoms with Gasteiger partial charge >= 0.3 is 17.9 Å². The molecule has 0 aromatic heterocycles.